The molecule has 0 saturated heterocycles. The summed E-state index contributed by atoms with van der Waals surface area (Å²) in [5.74, 6) is 1.52. The lowest BCUT2D eigenvalue weighted by molar-refractivity contribution is 0.480. The lowest BCUT2D eigenvalue weighted by atomic mass is 10.0. The third-order valence-corrected chi connectivity index (χ3v) is 2.81. The predicted molar refractivity (Wildman–Crippen MR) is 37.4 cm³/mol. The van der Waals surface area contributed by atoms with Gasteiger partial charge in [0, 0.05) is 0 Å². The first-order valence-corrected chi connectivity index (χ1v) is 4.00. The summed E-state index contributed by atoms with van der Waals surface area (Å²) in [7, 11) is 0. The second-order valence-electron chi connectivity index (χ2n) is 3.32. The topological polar surface area (TPSA) is 29.4 Å². The molecular formula is C8H11NO. The van der Waals surface area contributed by atoms with E-state index in [1.807, 2.05) is 0 Å². The van der Waals surface area contributed by atoms with Crippen LogP contribution in [0.5, 0.6) is 0 Å². The summed E-state index contributed by atoms with van der Waals surface area (Å²) in [5.41, 5.74) is 0. The van der Waals surface area contributed by atoms with Crippen LogP contribution in [0.25, 0.3) is 0 Å². The number of isocyanates is 1. The van der Waals surface area contributed by atoms with Crippen molar-refractivity contribution in [3.8, 4) is 0 Å². The second-order valence-corrected chi connectivity index (χ2v) is 3.32. The molecule has 0 spiro atoms. The summed E-state index contributed by atoms with van der Waals surface area (Å²) in [5, 5.41) is 0. The van der Waals surface area contributed by atoms with Crippen molar-refractivity contribution in [2.75, 3.05) is 0 Å². The van der Waals surface area contributed by atoms with Gasteiger partial charge in [-0.1, -0.05) is 12.8 Å². The summed E-state index contributed by atoms with van der Waals surface area (Å²) in [4.78, 5) is 13.7. The fourth-order valence-corrected chi connectivity index (χ4v) is 2.21. The van der Waals surface area contributed by atoms with Gasteiger partial charge in [-0.15, -0.1) is 0 Å². The number of aliphatic imine (C=N–C) groups is 1. The number of carbonyl (C=O) groups excluding carboxylic acids is 1. The van der Waals surface area contributed by atoms with E-state index in [0.29, 0.717) is 6.04 Å². The molecule has 2 heteroatoms. The van der Waals surface area contributed by atoms with Crippen LogP contribution >= 0.6 is 0 Å². The normalized spacial score (nSPS) is 43.4. The van der Waals surface area contributed by atoms with E-state index >= 15 is 0 Å². The van der Waals surface area contributed by atoms with Crippen LogP contribution in [0.2, 0.25) is 0 Å². The smallest absolute Gasteiger partial charge is 0.211 e. The molecule has 2 nitrogen and oxygen atoms in total. The van der Waals surface area contributed by atoms with Crippen molar-refractivity contribution in [1.29, 1.82) is 0 Å². The van der Waals surface area contributed by atoms with E-state index in [4.69, 9.17) is 0 Å². The number of rotatable bonds is 1. The predicted octanol–water partition coefficient (Wildman–Crippen LogP) is 1.51. The molecule has 2 atom stereocenters. The van der Waals surface area contributed by atoms with Crippen molar-refractivity contribution >= 4 is 6.08 Å². The summed E-state index contributed by atoms with van der Waals surface area (Å²) < 4.78 is 0. The SMILES string of the molecule is O=C=NC1C2CCCCC21. The summed E-state index contributed by atoms with van der Waals surface area (Å²) in [6, 6.07) is 0.375. The molecule has 0 N–H and O–H groups in total. The molecular weight excluding hydrogens is 126 g/mol. The van der Waals surface area contributed by atoms with Gasteiger partial charge in [0.05, 0.1) is 6.04 Å². The van der Waals surface area contributed by atoms with Gasteiger partial charge in [-0.2, -0.15) is 0 Å². The van der Waals surface area contributed by atoms with Crippen LogP contribution in [0.4, 0.5) is 0 Å². The molecule has 0 heterocycles. The van der Waals surface area contributed by atoms with E-state index < -0.39 is 0 Å². The third-order valence-electron chi connectivity index (χ3n) is 2.81. The molecule has 54 valence electrons. The Kier molecular flexibility index (Phi) is 1.35. The highest BCUT2D eigenvalue weighted by atomic mass is 16.1. The van der Waals surface area contributed by atoms with Crippen molar-refractivity contribution in [3.63, 3.8) is 0 Å². The zero-order chi connectivity index (χ0) is 6.97. The molecule has 2 aliphatic carbocycles. The van der Waals surface area contributed by atoms with E-state index in [0.717, 1.165) is 11.8 Å². The monoisotopic (exact) mass is 137 g/mol. The van der Waals surface area contributed by atoms with Crippen molar-refractivity contribution in [3.05, 3.63) is 0 Å². The lowest BCUT2D eigenvalue weighted by Gasteiger charge is -2.04. The van der Waals surface area contributed by atoms with Crippen LogP contribution in [0.15, 0.2) is 4.99 Å². The van der Waals surface area contributed by atoms with E-state index in [-0.39, 0.29) is 0 Å². The fourth-order valence-electron chi connectivity index (χ4n) is 2.21. The molecule has 2 unspecified atom stereocenters. The molecule has 0 bridgehead atoms. The van der Waals surface area contributed by atoms with Gasteiger partial charge in [0.25, 0.3) is 0 Å². The number of hydrogen-bond donors (Lipinski definition) is 0. The first kappa shape index (κ1) is 6.11. The lowest BCUT2D eigenvalue weighted by Crippen LogP contribution is -1.91. The van der Waals surface area contributed by atoms with Gasteiger partial charge in [-0.05, 0) is 24.7 Å². The summed E-state index contributed by atoms with van der Waals surface area (Å²) >= 11 is 0. The van der Waals surface area contributed by atoms with Crippen LogP contribution in [0.1, 0.15) is 25.7 Å². The van der Waals surface area contributed by atoms with E-state index in [2.05, 4.69) is 4.99 Å². The molecule has 0 amide bonds. The Hall–Kier alpha value is -0.620. The van der Waals surface area contributed by atoms with Crippen molar-refractivity contribution in [2.45, 2.75) is 31.7 Å². The highest BCUT2D eigenvalue weighted by molar-refractivity contribution is 5.35. The molecule has 2 rings (SSSR count). The molecule has 0 aliphatic heterocycles. The zero-order valence-electron chi connectivity index (χ0n) is 5.92. The molecule has 2 fully saturated rings. The standard InChI is InChI=1S/C8H11NO/c10-5-9-8-6-3-1-2-4-7(6)8/h6-8H,1-4H2. The highest BCUT2D eigenvalue weighted by Crippen LogP contribution is 2.51. The Morgan fingerprint density at radius 3 is 2.30 bits per heavy atom. The van der Waals surface area contributed by atoms with Crippen molar-refractivity contribution in [1.82, 2.24) is 0 Å². The average Bonchev–Trinajstić information content (AvgIpc) is 2.66. The fraction of sp³-hybridized carbons (Fsp3) is 0.875. The number of nitrogens with zero attached hydrogens (tertiary/aromatic N) is 1. The molecule has 2 saturated carbocycles. The first-order chi connectivity index (χ1) is 4.93. The largest absolute Gasteiger partial charge is 0.235 e. The maximum Gasteiger partial charge on any atom is 0.235 e. The minimum absolute atomic E-state index is 0.375. The third kappa shape index (κ3) is 0.800. The number of fused-ring (bicyclic) bond motifs is 1. The van der Waals surface area contributed by atoms with Crippen molar-refractivity contribution in [2.24, 2.45) is 16.8 Å². The highest BCUT2D eigenvalue weighted by Gasteiger charge is 2.50. The Morgan fingerprint density at radius 1 is 1.20 bits per heavy atom. The summed E-state index contributed by atoms with van der Waals surface area (Å²) in [6.07, 6.45) is 6.92. The van der Waals surface area contributed by atoms with Gasteiger partial charge >= 0.3 is 0 Å². The van der Waals surface area contributed by atoms with Crippen LogP contribution in [0, 0.1) is 11.8 Å². The Bertz CT molecular complexity index is 172. The van der Waals surface area contributed by atoms with Gasteiger partial charge in [0.2, 0.25) is 6.08 Å². The maximum absolute atomic E-state index is 9.91. The summed E-state index contributed by atoms with van der Waals surface area (Å²) in [6.45, 7) is 0. The van der Waals surface area contributed by atoms with Gasteiger partial charge in [-0.25, -0.2) is 9.79 Å². The molecule has 0 radical (unpaired) electrons. The minimum Gasteiger partial charge on any atom is -0.211 e. The van der Waals surface area contributed by atoms with Gasteiger partial charge in [0.1, 0.15) is 0 Å². The van der Waals surface area contributed by atoms with Crippen LogP contribution in [-0.2, 0) is 4.79 Å². The molecule has 0 aromatic heterocycles. The Labute approximate surface area is 60.3 Å². The van der Waals surface area contributed by atoms with Crippen LogP contribution < -0.4 is 0 Å². The maximum atomic E-state index is 9.91. The second kappa shape index (κ2) is 2.21. The van der Waals surface area contributed by atoms with Gasteiger partial charge < -0.3 is 0 Å². The van der Waals surface area contributed by atoms with Crippen LogP contribution in [-0.4, -0.2) is 12.1 Å². The Balaban J connectivity index is 1.99. The zero-order valence-corrected chi connectivity index (χ0v) is 5.92. The molecule has 0 aromatic carbocycles. The van der Waals surface area contributed by atoms with Gasteiger partial charge in [-0.3, -0.25) is 0 Å². The molecule has 10 heavy (non-hydrogen) atoms. The quantitative estimate of drug-likeness (QED) is 0.398. The van der Waals surface area contributed by atoms with Crippen LogP contribution in [0.3, 0.4) is 0 Å². The van der Waals surface area contributed by atoms with E-state index in [1.54, 1.807) is 6.08 Å². The molecule has 0 aromatic rings. The van der Waals surface area contributed by atoms with E-state index in [9.17, 15) is 4.79 Å². The molecule has 2 aliphatic rings. The average molecular weight is 137 g/mol. The first-order valence-electron chi connectivity index (χ1n) is 4.00. The van der Waals surface area contributed by atoms with Gasteiger partial charge in [0.15, 0.2) is 0 Å². The van der Waals surface area contributed by atoms with Crippen molar-refractivity contribution < 1.29 is 4.79 Å². The van der Waals surface area contributed by atoms with E-state index in [1.165, 1.54) is 25.7 Å². The number of hydrogen-bond acceptors (Lipinski definition) is 2. The minimum atomic E-state index is 0.375. The Morgan fingerprint density at radius 2 is 1.80 bits per heavy atom.